The molecule has 1 saturated heterocycles. The minimum atomic E-state index is -3.66. The fourth-order valence-electron chi connectivity index (χ4n) is 1.87. The van der Waals surface area contributed by atoms with Crippen LogP contribution in [-0.2, 0) is 19.4 Å². The first-order valence-electron chi connectivity index (χ1n) is 5.58. The Morgan fingerprint density at radius 3 is 2.72 bits per heavy atom. The summed E-state index contributed by atoms with van der Waals surface area (Å²) in [6.45, 7) is 0.833. The molecule has 1 aliphatic rings. The first-order valence-corrected chi connectivity index (χ1v) is 7.61. The van der Waals surface area contributed by atoms with Crippen LogP contribution < -0.4 is 0 Å². The largest absolute Gasteiger partial charge is 0.381 e. The summed E-state index contributed by atoms with van der Waals surface area (Å²) in [5.41, 5.74) is 0. The molecular formula is C12H13ClO4S. The molecular weight excluding hydrogens is 276 g/mol. The standard InChI is InChI=1S/C12H13ClO4S/c13-10-3-1-2-4-12(10)18(15,16)8-11(14)9-5-6-17-7-9/h1-4,9H,5-8H2. The van der Waals surface area contributed by atoms with Gasteiger partial charge in [0.1, 0.15) is 5.75 Å². The number of carbonyl (C=O) groups excluding carboxylic acids is 1. The lowest BCUT2D eigenvalue weighted by Gasteiger charge is -2.08. The van der Waals surface area contributed by atoms with Gasteiger partial charge in [-0.3, -0.25) is 4.79 Å². The number of rotatable bonds is 4. The van der Waals surface area contributed by atoms with Crippen molar-refractivity contribution in [3.63, 3.8) is 0 Å². The smallest absolute Gasteiger partial charge is 0.186 e. The van der Waals surface area contributed by atoms with Crippen LogP contribution in [0.4, 0.5) is 0 Å². The van der Waals surface area contributed by atoms with Crippen molar-refractivity contribution in [1.29, 1.82) is 0 Å². The van der Waals surface area contributed by atoms with Crippen molar-refractivity contribution in [2.45, 2.75) is 11.3 Å². The van der Waals surface area contributed by atoms with Gasteiger partial charge in [0, 0.05) is 12.5 Å². The second kappa shape index (κ2) is 5.38. The molecule has 1 fully saturated rings. The van der Waals surface area contributed by atoms with E-state index in [1.165, 1.54) is 12.1 Å². The summed E-state index contributed by atoms with van der Waals surface area (Å²) in [6, 6.07) is 6.14. The number of ketones is 1. The maximum Gasteiger partial charge on any atom is 0.186 e. The van der Waals surface area contributed by atoms with Crippen molar-refractivity contribution in [2.75, 3.05) is 19.0 Å². The number of halogens is 1. The SMILES string of the molecule is O=C(CS(=O)(=O)c1ccccc1Cl)C1CCOC1. The number of ether oxygens (including phenoxy) is 1. The van der Waals surface area contributed by atoms with Gasteiger partial charge < -0.3 is 4.74 Å². The van der Waals surface area contributed by atoms with Crippen molar-refractivity contribution in [3.8, 4) is 0 Å². The zero-order valence-corrected chi connectivity index (χ0v) is 11.2. The summed E-state index contributed by atoms with van der Waals surface area (Å²) >= 11 is 5.84. The fourth-order valence-corrected chi connectivity index (χ4v) is 3.77. The van der Waals surface area contributed by atoms with Crippen molar-refractivity contribution in [3.05, 3.63) is 29.3 Å². The zero-order chi connectivity index (χ0) is 13.2. The molecule has 0 bridgehead atoms. The van der Waals surface area contributed by atoms with E-state index in [4.69, 9.17) is 16.3 Å². The third kappa shape index (κ3) is 2.91. The van der Waals surface area contributed by atoms with Gasteiger partial charge in [-0.2, -0.15) is 0 Å². The van der Waals surface area contributed by atoms with Crippen molar-refractivity contribution >= 4 is 27.2 Å². The van der Waals surface area contributed by atoms with Crippen LogP contribution in [0.1, 0.15) is 6.42 Å². The molecule has 6 heteroatoms. The molecule has 0 N–H and O–H groups in total. The van der Waals surface area contributed by atoms with Gasteiger partial charge in [-0.15, -0.1) is 0 Å². The molecule has 0 aromatic heterocycles. The monoisotopic (exact) mass is 288 g/mol. The summed E-state index contributed by atoms with van der Waals surface area (Å²) in [6.07, 6.45) is 0.594. The first kappa shape index (κ1) is 13.5. The van der Waals surface area contributed by atoms with Crippen molar-refractivity contribution < 1.29 is 17.9 Å². The molecule has 18 heavy (non-hydrogen) atoms. The Hall–Kier alpha value is -0.910. The van der Waals surface area contributed by atoms with Crippen LogP contribution in [0.15, 0.2) is 29.2 Å². The van der Waals surface area contributed by atoms with E-state index in [0.29, 0.717) is 19.6 Å². The maximum atomic E-state index is 12.1. The van der Waals surface area contributed by atoms with Crippen LogP contribution in [0.3, 0.4) is 0 Å². The Labute approximate surface area is 111 Å². The van der Waals surface area contributed by atoms with E-state index in [1.54, 1.807) is 12.1 Å². The maximum absolute atomic E-state index is 12.1. The molecule has 1 aliphatic heterocycles. The van der Waals surface area contributed by atoms with Crippen LogP contribution in [0.5, 0.6) is 0 Å². The Bertz CT molecular complexity index is 547. The highest BCUT2D eigenvalue weighted by molar-refractivity contribution is 7.92. The fraction of sp³-hybridized carbons (Fsp3) is 0.417. The van der Waals surface area contributed by atoms with Gasteiger partial charge in [0.25, 0.3) is 0 Å². The third-order valence-corrected chi connectivity index (χ3v) is 5.02. The van der Waals surface area contributed by atoms with Crippen LogP contribution >= 0.6 is 11.6 Å². The summed E-state index contributed by atoms with van der Waals surface area (Å²) in [4.78, 5) is 11.9. The Morgan fingerprint density at radius 1 is 1.39 bits per heavy atom. The van der Waals surface area contributed by atoms with E-state index in [-0.39, 0.29) is 21.6 Å². The molecule has 0 saturated carbocycles. The molecule has 98 valence electrons. The lowest BCUT2D eigenvalue weighted by molar-refractivity contribution is -0.120. The lowest BCUT2D eigenvalue weighted by atomic mass is 10.1. The summed E-state index contributed by atoms with van der Waals surface area (Å²) in [5.74, 6) is -1.11. The number of benzene rings is 1. The summed E-state index contributed by atoms with van der Waals surface area (Å²) in [5, 5.41) is 0.146. The molecule has 0 aliphatic carbocycles. The lowest BCUT2D eigenvalue weighted by Crippen LogP contribution is -2.24. The molecule has 1 heterocycles. The number of hydrogen-bond acceptors (Lipinski definition) is 4. The van der Waals surface area contributed by atoms with Gasteiger partial charge >= 0.3 is 0 Å². The number of carbonyl (C=O) groups is 1. The van der Waals surface area contributed by atoms with Crippen LogP contribution in [0.25, 0.3) is 0 Å². The van der Waals surface area contributed by atoms with Gasteiger partial charge in [0.05, 0.1) is 16.5 Å². The highest BCUT2D eigenvalue weighted by Gasteiger charge is 2.29. The van der Waals surface area contributed by atoms with E-state index < -0.39 is 15.6 Å². The molecule has 0 radical (unpaired) electrons. The topological polar surface area (TPSA) is 60.4 Å². The average molecular weight is 289 g/mol. The van der Waals surface area contributed by atoms with Crippen LogP contribution in [-0.4, -0.2) is 33.2 Å². The number of hydrogen-bond donors (Lipinski definition) is 0. The predicted octanol–water partition coefficient (Wildman–Crippen LogP) is 1.72. The van der Waals surface area contributed by atoms with E-state index in [1.807, 2.05) is 0 Å². The van der Waals surface area contributed by atoms with Crippen LogP contribution in [0, 0.1) is 5.92 Å². The first-order chi connectivity index (χ1) is 8.50. The third-order valence-electron chi connectivity index (χ3n) is 2.89. The summed E-state index contributed by atoms with van der Waals surface area (Å²) < 4.78 is 29.2. The van der Waals surface area contributed by atoms with Gasteiger partial charge in [-0.05, 0) is 18.6 Å². The normalized spacial score (nSPS) is 19.9. The Balaban J connectivity index is 2.17. The van der Waals surface area contributed by atoms with E-state index >= 15 is 0 Å². The Morgan fingerprint density at radius 2 is 2.11 bits per heavy atom. The van der Waals surface area contributed by atoms with Gasteiger partial charge in [-0.1, -0.05) is 23.7 Å². The highest BCUT2D eigenvalue weighted by Crippen LogP contribution is 2.23. The molecule has 0 spiro atoms. The minimum absolute atomic E-state index is 0.0129. The van der Waals surface area contributed by atoms with Crippen molar-refractivity contribution in [2.24, 2.45) is 5.92 Å². The molecule has 1 aromatic carbocycles. The molecule has 2 rings (SSSR count). The van der Waals surface area contributed by atoms with E-state index in [9.17, 15) is 13.2 Å². The molecule has 4 nitrogen and oxygen atoms in total. The predicted molar refractivity (Wildman–Crippen MR) is 67.4 cm³/mol. The van der Waals surface area contributed by atoms with E-state index in [2.05, 4.69) is 0 Å². The quantitative estimate of drug-likeness (QED) is 0.846. The zero-order valence-electron chi connectivity index (χ0n) is 9.63. The second-order valence-electron chi connectivity index (χ2n) is 4.22. The van der Waals surface area contributed by atoms with Crippen molar-refractivity contribution in [1.82, 2.24) is 0 Å². The summed E-state index contributed by atoms with van der Waals surface area (Å²) in [7, 11) is -3.66. The van der Waals surface area contributed by atoms with Gasteiger partial charge in [0.2, 0.25) is 0 Å². The second-order valence-corrected chi connectivity index (χ2v) is 6.58. The Kier molecular flexibility index (Phi) is 4.04. The highest BCUT2D eigenvalue weighted by atomic mass is 35.5. The van der Waals surface area contributed by atoms with Gasteiger partial charge in [0.15, 0.2) is 15.6 Å². The number of sulfone groups is 1. The molecule has 1 atom stereocenters. The van der Waals surface area contributed by atoms with E-state index in [0.717, 1.165) is 0 Å². The molecule has 1 unspecified atom stereocenters. The average Bonchev–Trinajstić information content (AvgIpc) is 2.82. The minimum Gasteiger partial charge on any atom is -0.381 e. The molecule has 0 amide bonds. The molecule has 1 aromatic rings. The number of Topliss-reactive ketones (excluding diaryl/α,β-unsaturated/α-hetero) is 1. The van der Waals surface area contributed by atoms with Crippen LogP contribution in [0.2, 0.25) is 5.02 Å². The van der Waals surface area contributed by atoms with Gasteiger partial charge in [-0.25, -0.2) is 8.42 Å².